The summed E-state index contributed by atoms with van der Waals surface area (Å²) in [5.41, 5.74) is 6.37. The molecule has 0 unspecified atom stereocenters. The number of hydrogen-bond donors (Lipinski definition) is 1. The predicted molar refractivity (Wildman–Crippen MR) is 64.9 cm³/mol. The van der Waals surface area contributed by atoms with Gasteiger partial charge in [0.2, 0.25) is 5.79 Å². The number of aromatic nitrogens is 4. The number of rotatable bonds is 3. The first-order valence-electron chi connectivity index (χ1n) is 5.54. The summed E-state index contributed by atoms with van der Waals surface area (Å²) < 4.78 is 11.1. The topological polar surface area (TPSA) is 88.1 Å². The zero-order valence-corrected chi connectivity index (χ0v) is 10.7. The van der Waals surface area contributed by atoms with Gasteiger partial charge in [0, 0.05) is 5.38 Å². The summed E-state index contributed by atoms with van der Waals surface area (Å²) in [6, 6.07) is 0. The molecule has 0 amide bonds. The lowest BCUT2D eigenvalue weighted by molar-refractivity contribution is -0.149. The Kier molecular flexibility index (Phi) is 2.77. The van der Waals surface area contributed by atoms with Gasteiger partial charge in [0.05, 0.1) is 25.1 Å². The Bertz CT molecular complexity index is 546. The maximum atomic E-state index is 5.56. The quantitative estimate of drug-likeness (QED) is 0.875. The summed E-state index contributed by atoms with van der Waals surface area (Å²) in [6.07, 6.45) is 1.51. The smallest absolute Gasteiger partial charge is 0.219 e. The van der Waals surface area contributed by atoms with Crippen LogP contribution in [0.1, 0.15) is 17.6 Å². The van der Waals surface area contributed by atoms with Gasteiger partial charge in [-0.05, 0) is 6.92 Å². The van der Waals surface area contributed by atoms with Crippen molar-refractivity contribution < 1.29 is 9.47 Å². The second kappa shape index (κ2) is 4.30. The highest BCUT2D eigenvalue weighted by atomic mass is 32.1. The molecule has 0 saturated carbocycles. The summed E-state index contributed by atoms with van der Waals surface area (Å²) in [5, 5.41) is 10.8. The van der Waals surface area contributed by atoms with Gasteiger partial charge in [-0.25, -0.2) is 4.98 Å². The van der Waals surface area contributed by atoms with Crippen molar-refractivity contribution in [2.24, 2.45) is 0 Å². The SMILES string of the molecule is CC1(c2nc(Cn3ncc(N)n3)cs2)OCCO1. The minimum Gasteiger partial charge on any atom is -0.381 e. The van der Waals surface area contributed by atoms with E-state index < -0.39 is 5.79 Å². The molecule has 0 radical (unpaired) electrons. The Labute approximate surface area is 108 Å². The van der Waals surface area contributed by atoms with Gasteiger partial charge in [0.15, 0.2) is 10.8 Å². The van der Waals surface area contributed by atoms with E-state index in [1.165, 1.54) is 22.3 Å². The predicted octanol–water partition coefficient (Wildman–Crippen LogP) is 0.585. The zero-order valence-electron chi connectivity index (χ0n) is 9.87. The van der Waals surface area contributed by atoms with E-state index in [9.17, 15) is 0 Å². The second-order valence-electron chi connectivity index (χ2n) is 4.09. The van der Waals surface area contributed by atoms with Crippen LogP contribution in [-0.4, -0.2) is 33.2 Å². The molecule has 2 N–H and O–H groups in total. The van der Waals surface area contributed by atoms with Gasteiger partial charge in [-0.2, -0.15) is 9.90 Å². The normalized spacial score (nSPS) is 18.3. The number of nitrogens with two attached hydrogens (primary N) is 1. The average Bonchev–Trinajstić information content (AvgIpc) is 3.02. The monoisotopic (exact) mass is 267 g/mol. The molecule has 7 nitrogen and oxygen atoms in total. The first-order chi connectivity index (χ1) is 8.66. The molecule has 2 aromatic heterocycles. The fourth-order valence-electron chi connectivity index (χ4n) is 1.76. The summed E-state index contributed by atoms with van der Waals surface area (Å²) in [5.74, 6) is -0.306. The molecular formula is C10H13N5O2S. The highest BCUT2D eigenvalue weighted by Crippen LogP contribution is 2.32. The molecule has 3 rings (SSSR count). The fraction of sp³-hybridized carbons (Fsp3) is 0.500. The average molecular weight is 267 g/mol. The van der Waals surface area contributed by atoms with Crippen LogP contribution < -0.4 is 5.73 Å². The molecule has 0 aliphatic carbocycles. The maximum absolute atomic E-state index is 5.56. The minimum absolute atomic E-state index is 0.403. The first-order valence-corrected chi connectivity index (χ1v) is 6.42. The lowest BCUT2D eigenvalue weighted by atomic mass is 10.3. The van der Waals surface area contributed by atoms with Crippen molar-refractivity contribution in [3.63, 3.8) is 0 Å². The van der Waals surface area contributed by atoms with Crippen LogP contribution in [0.15, 0.2) is 11.6 Å². The molecule has 18 heavy (non-hydrogen) atoms. The lowest BCUT2D eigenvalue weighted by Gasteiger charge is -2.18. The summed E-state index contributed by atoms with van der Waals surface area (Å²) >= 11 is 1.51. The van der Waals surface area contributed by atoms with Crippen molar-refractivity contribution in [2.45, 2.75) is 19.3 Å². The van der Waals surface area contributed by atoms with Crippen LogP contribution in [0.4, 0.5) is 5.82 Å². The van der Waals surface area contributed by atoms with E-state index >= 15 is 0 Å². The molecular weight excluding hydrogens is 254 g/mol. The molecule has 0 bridgehead atoms. The van der Waals surface area contributed by atoms with Crippen molar-refractivity contribution in [2.75, 3.05) is 18.9 Å². The largest absolute Gasteiger partial charge is 0.381 e. The Morgan fingerprint density at radius 2 is 2.28 bits per heavy atom. The van der Waals surface area contributed by atoms with E-state index in [2.05, 4.69) is 15.2 Å². The number of nitrogens with zero attached hydrogens (tertiary/aromatic N) is 4. The van der Waals surface area contributed by atoms with Crippen molar-refractivity contribution in [3.8, 4) is 0 Å². The maximum Gasteiger partial charge on any atom is 0.219 e. The molecule has 8 heteroatoms. The van der Waals surface area contributed by atoms with Gasteiger partial charge in [0.1, 0.15) is 6.54 Å². The van der Waals surface area contributed by atoms with Crippen molar-refractivity contribution in [1.29, 1.82) is 0 Å². The highest BCUT2D eigenvalue weighted by Gasteiger charge is 2.36. The van der Waals surface area contributed by atoms with Crippen LogP contribution >= 0.6 is 11.3 Å². The third-order valence-corrected chi connectivity index (χ3v) is 3.71. The number of ether oxygens (including phenoxy) is 2. The van der Waals surface area contributed by atoms with Crippen molar-refractivity contribution >= 4 is 17.2 Å². The second-order valence-corrected chi connectivity index (χ2v) is 4.94. The van der Waals surface area contributed by atoms with Crippen molar-refractivity contribution in [1.82, 2.24) is 20.0 Å². The number of anilines is 1. The molecule has 1 aliphatic heterocycles. The summed E-state index contributed by atoms with van der Waals surface area (Å²) in [6.45, 7) is 3.57. The van der Waals surface area contributed by atoms with Crippen LogP contribution in [0, 0.1) is 0 Å². The Morgan fingerprint density at radius 1 is 1.50 bits per heavy atom. The van der Waals surface area contributed by atoms with Gasteiger partial charge < -0.3 is 15.2 Å². The van der Waals surface area contributed by atoms with Crippen LogP contribution in [0.2, 0.25) is 0 Å². The molecule has 96 valence electrons. The third kappa shape index (κ3) is 2.09. The summed E-state index contributed by atoms with van der Waals surface area (Å²) in [4.78, 5) is 6.00. The molecule has 1 aliphatic rings. The lowest BCUT2D eigenvalue weighted by Crippen LogP contribution is -2.22. The fourth-order valence-corrected chi connectivity index (χ4v) is 2.63. The molecule has 1 fully saturated rings. The van der Waals surface area contributed by atoms with Gasteiger partial charge in [-0.1, -0.05) is 0 Å². The zero-order chi connectivity index (χ0) is 12.6. The Hall–Kier alpha value is -1.51. The van der Waals surface area contributed by atoms with E-state index in [0.717, 1.165) is 10.7 Å². The Morgan fingerprint density at radius 3 is 2.94 bits per heavy atom. The molecule has 0 atom stereocenters. The number of nitrogen functional groups attached to an aromatic ring is 1. The van der Waals surface area contributed by atoms with Gasteiger partial charge >= 0.3 is 0 Å². The standard InChI is InChI=1S/C10H13N5O2S/c1-10(16-2-3-17-10)9-13-7(6-18-9)5-15-12-4-8(11)14-15/h4,6H,2-3,5H2,1H3,(H2,11,14). The van der Waals surface area contributed by atoms with E-state index in [1.807, 2.05) is 12.3 Å². The van der Waals surface area contributed by atoms with E-state index in [4.69, 9.17) is 15.2 Å². The number of thiazole rings is 1. The van der Waals surface area contributed by atoms with Gasteiger partial charge in [-0.15, -0.1) is 16.4 Å². The first kappa shape index (κ1) is 11.6. The van der Waals surface area contributed by atoms with Crippen LogP contribution in [0.3, 0.4) is 0 Å². The molecule has 3 heterocycles. The third-order valence-electron chi connectivity index (χ3n) is 2.64. The van der Waals surface area contributed by atoms with Gasteiger partial charge in [0.25, 0.3) is 0 Å². The Balaban J connectivity index is 1.77. The molecule has 0 aromatic carbocycles. The van der Waals surface area contributed by atoms with Crippen LogP contribution in [0.5, 0.6) is 0 Å². The highest BCUT2D eigenvalue weighted by molar-refractivity contribution is 7.09. The van der Waals surface area contributed by atoms with E-state index in [1.54, 1.807) is 0 Å². The van der Waals surface area contributed by atoms with E-state index in [0.29, 0.717) is 25.6 Å². The molecule has 2 aromatic rings. The van der Waals surface area contributed by atoms with Crippen molar-refractivity contribution in [3.05, 3.63) is 22.3 Å². The molecule has 0 spiro atoms. The summed E-state index contributed by atoms with van der Waals surface area (Å²) in [7, 11) is 0. The minimum atomic E-state index is -0.709. The van der Waals surface area contributed by atoms with E-state index in [-0.39, 0.29) is 0 Å². The van der Waals surface area contributed by atoms with Crippen LogP contribution in [-0.2, 0) is 21.8 Å². The molecule has 1 saturated heterocycles. The number of hydrogen-bond acceptors (Lipinski definition) is 7. The van der Waals surface area contributed by atoms with Crippen LogP contribution in [0.25, 0.3) is 0 Å². The van der Waals surface area contributed by atoms with Gasteiger partial charge in [-0.3, -0.25) is 0 Å².